The Hall–Kier alpha value is -2.68. The second kappa shape index (κ2) is 6.98. The molecule has 3 heterocycles. The maximum atomic E-state index is 8.42. The molecule has 4 rings (SSSR count). The summed E-state index contributed by atoms with van der Waals surface area (Å²) >= 11 is 0. The van der Waals surface area contributed by atoms with Crippen LogP contribution in [0.25, 0.3) is 33.3 Å². The van der Waals surface area contributed by atoms with Crippen LogP contribution in [0.2, 0.25) is 0 Å². The molecule has 0 amide bonds. The Morgan fingerprint density at radius 2 is 1.97 bits per heavy atom. The first-order valence-corrected chi connectivity index (χ1v) is 9.51. The van der Waals surface area contributed by atoms with Gasteiger partial charge in [-0.25, -0.2) is 9.55 Å². The van der Waals surface area contributed by atoms with Crippen molar-refractivity contribution in [2.75, 3.05) is 0 Å². The molecule has 0 spiro atoms. The zero-order valence-electron chi connectivity index (χ0n) is 27.1. The Morgan fingerprint density at radius 1 is 1.17 bits per heavy atom. The van der Waals surface area contributed by atoms with Gasteiger partial charge in [-0.1, -0.05) is 46.5 Å². The second-order valence-corrected chi connectivity index (χ2v) is 7.94. The largest absolute Gasteiger partial charge is 0.437 e. The van der Waals surface area contributed by atoms with Gasteiger partial charge in [0, 0.05) is 41.8 Å². The molecule has 0 aliphatic heterocycles. The molecule has 0 aliphatic rings. The smallest absolute Gasteiger partial charge is 0.227 e. The number of benzene rings is 1. The van der Waals surface area contributed by atoms with E-state index in [1.165, 1.54) is 13.8 Å². The van der Waals surface area contributed by atoms with E-state index in [-0.39, 0.29) is 12.1 Å². The quantitative estimate of drug-likeness (QED) is 0.370. The molecule has 3 nitrogen and oxygen atoms in total. The first-order valence-electron chi connectivity index (χ1n) is 14.5. The number of hydrogen-bond acceptors (Lipinski definition) is 2. The summed E-state index contributed by atoms with van der Waals surface area (Å²) in [6.07, 6.45) is 1.35. The lowest BCUT2D eigenvalue weighted by Crippen LogP contribution is -2.31. The summed E-state index contributed by atoms with van der Waals surface area (Å²) in [6, 6.07) is 10.6. The minimum atomic E-state index is -2.73. The van der Waals surface area contributed by atoms with Gasteiger partial charge in [0.25, 0.3) is 0 Å². The molecule has 1 unspecified atom stereocenters. The van der Waals surface area contributed by atoms with Gasteiger partial charge in [-0.2, -0.15) is 0 Å². The van der Waals surface area contributed by atoms with Gasteiger partial charge in [0.05, 0.1) is 5.56 Å². The fourth-order valence-electron chi connectivity index (χ4n) is 3.73. The molecule has 0 aliphatic carbocycles. The van der Waals surface area contributed by atoms with Crippen molar-refractivity contribution >= 4 is 22.1 Å². The van der Waals surface area contributed by atoms with E-state index in [2.05, 4.69) is 4.98 Å². The molecule has 0 fully saturated rings. The highest BCUT2D eigenvalue weighted by molar-refractivity contribution is 6.08. The van der Waals surface area contributed by atoms with E-state index in [0.29, 0.717) is 22.2 Å². The fraction of sp³-hybridized carbons (Fsp3) is 0.385. The number of rotatable bonds is 3. The molecule has 29 heavy (non-hydrogen) atoms. The van der Waals surface area contributed by atoms with Crippen molar-refractivity contribution in [3.05, 3.63) is 59.4 Å². The van der Waals surface area contributed by atoms with Crippen LogP contribution in [0.5, 0.6) is 0 Å². The summed E-state index contributed by atoms with van der Waals surface area (Å²) in [6.45, 7) is -3.45. The number of aromatic nitrogens is 2. The van der Waals surface area contributed by atoms with E-state index in [1.54, 1.807) is 42.1 Å². The Kier molecular flexibility index (Phi) is 2.63. The van der Waals surface area contributed by atoms with Crippen LogP contribution >= 0.6 is 0 Å². The Morgan fingerprint density at radius 3 is 2.69 bits per heavy atom. The monoisotopic (exact) mass is 397 g/mol. The third-order valence-electron chi connectivity index (χ3n) is 5.13. The Labute approximate surface area is 187 Å². The first kappa shape index (κ1) is 10.9. The first-order chi connectivity index (χ1) is 17.7. The highest BCUT2D eigenvalue weighted by atomic mass is 16.3. The molecule has 0 saturated carbocycles. The predicted octanol–water partition coefficient (Wildman–Crippen LogP) is 6.49. The average Bonchev–Trinajstić information content (AvgIpc) is 3.14. The van der Waals surface area contributed by atoms with E-state index in [1.807, 2.05) is 19.1 Å². The van der Waals surface area contributed by atoms with E-state index in [9.17, 15) is 0 Å². The third-order valence-corrected chi connectivity index (χ3v) is 5.13. The Bertz CT molecular complexity index is 1550. The number of aryl methyl sites for hydroxylation is 2. The molecule has 0 saturated heterocycles. The van der Waals surface area contributed by atoms with Gasteiger partial charge < -0.3 is 4.42 Å². The van der Waals surface area contributed by atoms with E-state index in [0.717, 1.165) is 22.2 Å². The normalized spacial score (nSPS) is 20.8. The van der Waals surface area contributed by atoms with E-state index < -0.39 is 31.9 Å². The lowest BCUT2D eigenvalue weighted by Gasteiger charge is -2.16. The summed E-state index contributed by atoms with van der Waals surface area (Å²) in [7, 11) is 1.77. The third kappa shape index (κ3) is 3.66. The van der Waals surface area contributed by atoms with Crippen LogP contribution < -0.4 is 4.57 Å². The molecule has 150 valence electrons. The van der Waals surface area contributed by atoms with Crippen LogP contribution in [-0.2, 0) is 13.5 Å². The van der Waals surface area contributed by atoms with Gasteiger partial charge in [-0.05, 0) is 48.4 Å². The minimum Gasteiger partial charge on any atom is -0.437 e. The van der Waals surface area contributed by atoms with Gasteiger partial charge in [-0.3, -0.25) is 0 Å². The van der Waals surface area contributed by atoms with Gasteiger partial charge in [0.2, 0.25) is 11.4 Å². The Balaban J connectivity index is 1.86. The van der Waals surface area contributed by atoms with Crippen LogP contribution in [0.3, 0.4) is 0 Å². The molecule has 4 aromatic rings. The van der Waals surface area contributed by atoms with Gasteiger partial charge in [0.15, 0.2) is 11.8 Å². The van der Waals surface area contributed by atoms with Crippen molar-refractivity contribution in [3.8, 4) is 11.3 Å². The summed E-state index contributed by atoms with van der Waals surface area (Å²) in [4.78, 5) is 4.52. The van der Waals surface area contributed by atoms with Crippen LogP contribution in [0.4, 0.5) is 0 Å². The van der Waals surface area contributed by atoms with Crippen molar-refractivity contribution in [2.24, 2.45) is 12.5 Å². The van der Waals surface area contributed by atoms with Crippen molar-refractivity contribution in [1.29, 1.82) is 0 Å². The summed E-state index contributed by atoms with van der Waals surface area (Å²) in [5.41, 5.74) is 1.84. The van der Waals surface area contributed by atoms with Crippen molar-refractivity contribution in [1.82, 2.24) is 4.98 Å². The summed E-state index contributed by atoms with van der Waals surface area (Å²) < 4.78 is 86.9. The van der Waals surface area contributed by atoms with Crippen molar-refractivity contribution in [3.63, 3.8) is 0 Å². The molecular formula is C26H31N2O+. The van der Waals surface area contributed by atoms with Crippen molar-refractivity contribution < 1.29 is 22.7 Å². The van der Waals surface area contributed by atoms with Gasteiger partial charge >= 0.3 is 0 Å². The molecule has 1 aromatic carbocycles. The average molecular weight is 398 g/mol. The van der Waals surface area contributed by atoms with Crippen LogP contribution in [0.1, 0.15) is 70.8 Å². The second-order valence-electron chi connectivity index (χ2n) is 7.94. The number of pyridine rings is 2. The van der Waals surface area contributed by atoms with Gasteiger partial charge in [-0.15, -0.1) is 0 Å². The lowest BCUT2D eigenvalue weighted by atomic mass is 9.90. The summed E-state index contributed by atoms with van der Waals surface area (Å²) in [5, 5.41) is 1.47. The maximum Gasteiger partial charge on any atom is 0.227 e. The molecule has 0 N–H and O–H groups in total. The molecule has 3 aromatic heterocycles. The number of nitrogens with zero attached hydrogens (tertiary/aromatic N) is 2. The standard InChI is InChI=1S/C26H31N2O/c1-16(2)18-9-13-22(28(7)15-18)23-17(3)8-11-20-21-12-10-19(14-26(4,5)6)27-25(21)29-24(20)23/h8-13,15-16H,14H2,1-7H3/q+1/i1D3,4D3,5D3,16D. The van der Waals surface area contributed by atoms with Crippen LogP contribution in [-0.4, -0.2) is 4.98 Å². The SMILES string of the molecule is [2H]C([2H])([2H])C([2H])(C)c1ccc(-c2c(C)ccc3c2oc2nc(CC(C)(C([2H])([2H])[2H])C([2H])([2H])[2H])ccc23)[n+](C)c1. The van der Waals surface area contributed by atoms with Crippen LogP contribution in [0, 0.1) is 12.3 Å². The molecule has 3 heteroatoms. The van der Waals surface area contributed by atoms with Gasteiger partial charge in [0.1, 0.15) is 7.05 Å². The molecular weight excluding hydrogens is 356 g/mol. The fourth-order valence-corrected chi connectivity index (χ4v) is 3.73. The number of furan rings is 1. The number of hydrogen-bond donors (Lipinski definition) is 0. The summed E-state index contributed by atoms with van der Waals surface area (Å²) in [5.74, 6) is -1.79. The minimum absolute atomic E-state index is 0.258. The molecule has 0 radical (unpaired) electrons. The molecule has 0 bridgehead atoms. The predicted molar refractivity (Wildman–Crippen MR) is 120 cm³/mol. The topological polar surface area (TPSA) is 29.9 Å². The lowest BCUT2D eigenvalue weighted by molar-refractivity contribution is -0.660. The van der Waals surface area contributed by atoms with Crippen LogP contribution in [0.15, 0.2) is 47.0 Å². The van der Waals surface area contributed by atoms with Crippen molar-refractivity contribution in [2.45, 2.75) is 53.6 Å². The zero-order chi connectivity index (χ0) is 29.3. The number of fused-ring (bicyclic) bond motifs is 3. The molecule has 1 atom stereocenters. The zero-order valence-corrected chi connectivity index (χ0v) is 17.1. The highest BCUT2D eigenvalue weighted by Gasteiger charge is 2.22. The van der Waals surface area contributed by atoms with E-state index >= 15 is 0 Å². The maximum absolute atomic E-state index is 8.42. The highest BCUT2D eigenvalue weighted by Crippen LogP contribution is 2.36. The van der Waals surface area contributed by atoms with E-state index in [4.69, 9.17) is 18.1 Å².